The third-order valence-corrected chi connectivity index (χ3v) is 3.49. The van der Waals surface area contributed by atoms with E-state index in [0.29, 0.717) is 0 Å². The van der Waals surface area contributed by atoms with Gasteiger partial charge in [-0.2, -0.15) is 5.10 Å². The molecule has 0 spiro atoms. The number of fused-ring (bicyclic) bond motifs is 1. The van der Waals surface area contributed by atoms with E-state index in [1.54, 1.807) is 10.9 Å². The molecule has 18 heavy (non-hydrogen) atoms. The first-order chi connectivity index (χ1) is 8.81. The number of aldehydes is 1. The minimum atomic E-state index is -0.0722. The predicted octanol–water partition coefficient (Wildman–Crippen LogP) is 0.921. The van der Waals surface area contributed by atoms with Crippen molar-refractivity contribution in [2.75, 3.05) is 11.4 Å². The van der Waals surface area contributed by atoms with Gasteiger partial charge in [0.25, 0.3) is 0 Å². The van der Waals surface area contributed by atoms with Gasteiger partial charge in [0.2, 0.25) is 0 Å². The third-order valence-electron chi connectivity index (χ3n) is 3.49. The second-order valence-corrected chi connectivity index (χ2v) is 4.60. The van der Waals surface area contributed by atoms with Crippen LogP contribution in [0.2, 0.25) is 0 Å². The lowest BCUT2D eigenvalue weighted by Gasteiger charge is -2.33. The molecule has 0 amide bonds. The minimum Gasteiger partial charge on any atom is -0.346 e. The lowest BCUT2D eigenvalue weighted by molar-refractivity contribution is -0.109. The van der Waals surface area contributed by atoms with E-state index >= 15 is 0 Å². The van der Waals surface area contributed by atoms with Crippen LogP contribution in [0.15, 0.2) is 12.5 Å². The van der Waals surface area contributed by atoms with Crippen molar-refractivity contribution in [1.82, 2.24) is 19.7 Å². The zero-order valence-electron chi connectivity index (χ0n) is 10.3. The van der Waals surface area contributed by atoms with Crippen molar-refractivity contribution in [3.05, 3.63) is 12.5 Å². The molecule has 6 heteroatoms. The number of nitrogens with zero attached hydrogens (tertiary/aromatic N) is 5. The Bertz CT molecular complexity index is 579. The first-order valence-electron chi connectivity index (χ1n) is 6.16. The Hall–Kier alpha value is -1.98. The molecule has 0 bridgehead atoms. The van der Waals surface area contributed by atoms with E-state index in [0.717, 1.165) is 48.9 Å². The van der Waals surface area contributed by atoms with Crippen molar-refractivity contribution >= 4 is 23.1 Å². The molecule has 6 nitrogen and oxygen atoms in total. The Balaban J connectivity index is 2.10. The monoisotopic (exact) mass is 245 g/mol. The van der Waals surface area contributed by atoms with Crippen LogP contribution in [0, 0.1) is 0 Å². The molecule has 0 aromatic carbocycles. The van der Waals surface area contributed by atoms with E-state index in [4.69, 9.17) is 0 Å². The normalized spacial score (nSPS) is 20.3. The fourth-order valence-electron chi connectivity index (χ4n) is 2.54. The number of rotatable bonds is 2. The molecule has 1 unspecified atom stereocenters. The minimum absolute atomic E-state index is 0.0722. The van der Waals surface area contributed by atoms with Crippen LogP contribution < -0.4 is 4.90 Å². The lowest BCUT2D eigenvalue weighted by atomic mass is 10.0. The van der Waals surface area contributed by atoms with Crippen LogP contribution in [0.1, 0.15) is 19.3 Å². The van der Waals surface area contributed by atoms with Gasteiger partial charge in [0.15, 0.2) is 5.65 Å². The maximum atomic E-state index is 11.2. The van der Waals surface area contributed by atoms with Crippen LogP contribution >= 0.6 is 0 Å². The summed E-state index contributed by atoms with van der Waals surface area (Å²) in [6, 6.07) is -0.0722. The summed E-state index contributed by atoms with van der Waals surface area (Å²) in [7, 11) is 1.85. The number of hydrogen-bond acceptors (Lipinski definition) is 5. The zero-order chi connectivity index (χ0) is 12.5. The highest BCUT2D eigenvalue weighted by molar-refractivity contribution is 5.88. The molecule has 0 radical (unpaired) electrons. The van der Waals surface area contributed by atoms with E-state index in [9.17, 15) is 4.79 Å². The standard InChI is InChI=1S/C12H15N5O/c1-16-11-10(6-15-16)12(14-8-13-11)17-5-3-2-4-9(17)7-18/h6-9H,2-5H2,1H3. The number of anilines is 1. The van der Waals surface area contributed by atoms with Crippen LogP contribution in [0.4, 0.5) is 5.82 Å². The Labute approximate surface area is 105 Å². The molecule has 1 atom stereocenters. The SMILES string of the molecule is Cn1ncc2c(N3CCCCC3C=O)ncnc21. The number of aromatic nitrogens is 4. The van der Waals surface area contributed by atoms with Crippen LogP contribution in [-0.4, -0.2) is 38.6 Å². The fourth-order valence-corrected chi connectivity index (χ4v) is 2.54. The second kappa shape index (κ2) is 4.36. The Kier molecular flexibility index (Phi) is 2.70. The molecule has 94 valence electrons. The van der Waals surface area contributed by atoms with E-state index in [-0.39, 0.29) is 6.04 Å². The average molecular weight is 245 g/mol. The summed E-state index contributed by atoms with van der Waals surface area (Å²) in [6.45, 7) is 0.865. The van der Waals surface area contributed by atoms with Gasteiger partial charge in [-0.25, -0.2) is 9.97 Å². The van der Waals surface area contributed by atoms with Crippen LogP contribution in [0.5, 0.6) is 0 Å². The largest absolute Gasteiger partial charge is 0.346 e. The van der Waals surface area contributed by atoms with Crippen LogP contribution in [0.3, 0.4) is 0 Å². The molecule has 2 aromatic rings. The van der Waals surface area contributed by atoms with Crippen molar-refractivity contribution < 1.29 is 4.79 Å². The number of hydrogen-bond donors (Lipinski definition) is 0. The summed E-state index contributed by atoms with van der Waals surface area (Å²) in [5.74, 6) is 0.824. The molecule has 3 heterocycles. The van der Waals surface area contributed by atoms with Gasteiger partial charge in [0, 0.05) is 13.6 Å². The molecule has 1 aliphatic heterocycles. The van der Waals surface area contributed by atoms with Crippen LogP contribution in [-0.2, 0) is 11.8 Å². The van der Waals surface area contributed by atoms with Gasteiger partial charge in [-0.15, -0.1) is 0 Å². The summed E-state index contributed by atoms with van der Waals surface area (Å²) in [5, 5.41) is 5.11. The summed E-state index contributed by atoms with van der Waals surface area (Å²) < 4.78 is 1.72. The van der Waals surface area contributed by atoms with Gasteiger partial charge in [-0.3, -0.25) is 4.68 Å². The van der Waals surface area contributed by atoms with Crippen molar-refractivity contribution in [3.8, 4) is 0 Å². The number of aryl methyl sites for hydroxylation is 1. The Morgan fingerprint density at radius 1 is 1.39 bits per heavy atom. The van der Waals surface area contributed by atoms with Crippen LogP contribution in [0.25, 0.3) is 11.0 Å². The van der Waals surface area contributed by atoms with Gasteiger partial charge < -0.3 is 9.69 Å². The number of carbonyl (C=O) groups excluding carboxylic acids is 1. The van der Waals surface area contributed by atoms with E-state index in [1.807, 2.05) is 7.05 Å². The van der Waals surface area contributed by atoms with Crippen molar-refractivity contribution in [3.63, 3.8) is 0 Å². The van der Waals surface area contributed by atoms with Gasteiger partial charge in [0.05, 0.1) is 17.6 Å². The third kappa shape index (κ3) is 1.64. The molecule has 1 saturated heterocycles. The maximum Gasteiger partial charge on any atom is 0.163 e. The number of piperidine rings is 1. The molecule has 3 rings (SSSR count). The molecule has 1 fully saturated rings. The lowest BCUT2D eigenvalue weighted by Crippen LogP contribution is -2.41. The molecule has 2 aromatic heterocycles. The zero-order valence-corrected chi connectivity index (χ0v) is 10.3. The second-order valence-electron chi connectivity index (χ2n) is 4.60. The summed E-state index contributed by atoms with van der Waals surface area (Å²) >= 11 is 0. The smallest absolute Gasteiger partial charge is 0.163 e. The molecule has 0 N–H and O–H groups in total. The molecule has 0 aliphatic carbocycles. The van der Waals surface area contributed by atoms with Gasteiger partial charge in [0.1, 0.15) is 18.4 Å². The molecular weight excluding hydrogens is 230 g/mol. The average Bonchev–Trinajstić information content (AvgIpc) is 2.81. The van der Waals surface area contributed by atoms with Crippen molar-refractivity contribution in [2.45, 2.75) is 25.3 Å². The Morgan fingerprint density at radius 3 is 3.11 bits per heavy atom. The van der Waals surface area contributed by atoms with Gasteiger partial charge in [-0.05, 0) is 19.3 Å². The summed E-state index contributed by atoms with van der Waals surface area (Å²) in [4.78, 5) is 21.8. The summed E-state index contributed by atoms with van der Waals surface area (Å²) in [6.07, 6.45) is 7.41. The van der Waals surface area contributed by atoms with Crippen molar-refractivity contribution in [1.29, 1.82) is 0 Å². The van der Waals surface area contributed by atoms with E-state index in [2.05, 4.69) is 20.0 Å². The number of carbonyl (C=O) groups is 1. The van der Waals surface area contributed by atoms with E-state index in [1.165, 1.54) is 6.33 Å². The van der Waals surface area contributed by atoms with Gasteiger partial charge >= 0.3 is 0 Å². The quantitative estimate of drug-likeness (QED) is 0.736. The fraction of sp³-hybridized carbons (Fsp3) is 0.500. The highest BCUT2D eigenvalue weighted by atomic mass is 16.1. The van der Waals surface area contributed by atoms with E-state index < -0.39 is 0 Å². The van der Waals surface area contributed by atoms with Gasteiger partial charge in [-0.1, -0.05) is 0 Å². The highest BCUT2D eigenvalue weighted by Crippen LogP contribution is 2.27. The predicted molar refractivity (Wildman–Crippen MR) is 67.4 cm³/mol. The maximum absolute atomic E-state index is 11.2. The molecule has 1 aliphatic rings. The molecular formula is C12H15N5O. The van der Waals surface area contributed by atoms with Crippen molar-refractivity contribution in [2.24, 2.45) is 7.05 Å². The molecule has 0 saturated carbocycles. The Morgan fingerprint density at radius 2 is 2.28 bits per heavy atom. The first kappa shape index (κ1) is 11.1. The highest BCUT2D eigenvalue weighted by Gasteiger charge is 2.25. The topological polar surface area (TPSA) is 63.9 Å². The summed E-state index contributed by atoms with van der Waals surface area (Å²) in [5.41, 5.74) is 0.801. The first-order valence-corrected chi connectivity index (χ1v) is 6.16.